The van der Waals surface area contributed by atoms with Gasteiger partial charge in [0.2, 0.25) is 0 Å². The van der Waals surface area contributed by atoms with E-state index in [0.29, 0.717) is 12.0 Å². The minimum atomic E-state index is -0.276. The summed E-state index contributed by atoms with van der Waals surface area (Å²) in [7, 11) is 0. The molecule has 1 aromatic rings. The Morgan fingerprint density at radius 2 is 2.00 bits per heavy atom. The first-order chi connectivity index (χ1) is 9.16. The highest BCUT2D eigenvalue weighted by atomic mass is 32.2. The number of thioether (sulfide) groups is 1. The van der Waals surface area contributed by atoms with Crippen molar-refractivity contribution in [2.75, 3.05) is 18.1 Å². The van der Waals surface area contributed by atoms with E-state index in [1.807, 2.05) is 17.8 Å². The number of aliphatic hydroxyl groups excluding tert-OH is 1. The Labute approximate surface area is 121 Å². The van der Waals surface area contributed by atoms with Crippen LogP contribution in [-0.4, -0.2) is 29.3 Å². The molecule has 1 aliphatic carbocycles. The first kappa shape index (κ1) is 14.9. The van der Waals surface area contributed by atoms with Gasteiger partial charge in [0.05, 0.1) is 12.1 Å². The van der Waals surface area contributed by atoms with Crippen molar-refractivity contribution in [3.8, 4) is 0 Å². The number of aliphatic hydroxyl groups is 1. The second-order valence-corrected chi connectivity index (χ2v) is 6.96. The van der Waals surface area contributed by atoms with Crippen molar-refractivity contribution in [1.82, 2.24) is 5.32 Å². The van der Waals surface area contributed by atoms with Gasteiger partial charge in [-0.2, -0.15) is 11.8 Å². The quantitative estimate of drug-likeness (QED) is 0.767. The molecule has 0 saturated heterocycles. The third-order valence-corrected chi connectivity index (χ3v) is 5.05. The molecule has 1 aliphatic rings. The molecule has 0 amide bonds. The maximum Gasteiger partial charge on any atom is 0.0762 e. The molecule has 0 radical (unpaired) electrons. The van der Waals surface area contributed by atoms with E-state index in [1.54, 1.807) is 0 Å². The summed E-state index contributed by atoms with van der Waals surface area (Å²) in [5, 5.41) is 13.7. The lowest BCUT2D eigenvalue weighted by atomic mass is 9.92. The van der Waals surface area contributed by atoms with Gasteiger partial charge in [0.25, 0.3) is 0 Å². The predicted octanol–water partition coefficient (Wildman–Crippen LogP) is 3.02. The molecule has 1 unspecified atom stereocenters. The van der Waals surface area contributed by atoms with Crippen molar-refractivity contribution < 1.29 is 5.11 Å². The molecule has 1 atom stereocenters. The van der Waals surface area contributed by atoms with Crippen molar-refractivity contribution >= 4 is 11.8 Å². The molecule has 2 rings (SSSR count). The van der Waals surface area contributed by atoms with Crippen LogP contribution in [0.3, 0.4) is 0 Å². The van der Waals surface area contributed by atoms with Gasteiger partial charge in [-0.05, 0) is 30.1 Å². The topological polar surface area (TPSA) is 32.3 Å². The van der Waals surface area contributed by atoms with Crippen LogP contribution in [0.2, 0.25) is 0 Å². The van der Waals surface area contributed by atoms with Gasteiger partial charge in [0, 0.05) is 11.8 Å². The molecule has 1 aromatic carbocycles. The lowest BCUT2D eigenvalue weighted by Crippen LogP contribution is -2.49. The summed E-state index contributed by atoms with van der Waals surface area (Å²) in [6.07, 6.45) is 2.48. The zero-order valence-electron chi connectivity index (χ0n) is 11.9. The Bertz CT molecular complexity index is 378. The molecular weight excluding hydrogens is 254 g/mol. The monoisotopic (exact) mass is 279 g/mol. The van der Waals surface area contributed by atoms with Gasteiger partial charge in [-0.25, -0.2) is 0 Å². The highest BCUT2D eigenvalue weighted by Crippen LogP contribution is 2.31. The number of rotatable bonds is 8. The van der Waals surface area contributed by atoms with Gasteiger partial charge in [0.1, 0.15) is 0 Å². The van der Waals surface area contributed by atoms with E-state index in [1.165, 1.54) is 18.4 Å². The van der Waals surface area contributed by atoms with Crippen LogP contribution in [0.25, 0.3) is 0 Å². The van der Waals surface area contributed by atoms with Crippen LogP contribution in [0, 0.1) is 5.92 Å². The maximum absolute atomic E-state index is 10.00. The summed E-state index contributed by atoms with van der Waals surface area (Å²) in [5.41, 5.74) is 0.933. The Morgan fingerprint density at radius 3 is 2.53 bits per heavy atom. The van der Waals surface area contributed by atoms with Crippen molar-refractivity contribution in [2.24, 2.45) is 5.92 Å². The number of hydrogen-bond donors (Lipinski definition) is 2. The molecule has 0 aromatic heterocycles. The summed E-state index contributed by atoms with van der Waals surface area (Å²) in [6.45, 7) is 4.65. The first-order valence-electron chi connectivity index (χ1n) is 7.18. The van der Waals surface area contributed by atoms with E-state index < -0.39 is 0 Å². The molecule has 3 heteroatoms. The Kier molecular flexibility index (Phi) is 5.31. The number of benzene rings is 1. The van der Waals surface area contributed by atoms with Crippen LogP contribution in [0.4, 0.5) is 0 Å². The summed E-state index contributed by atoms with van der Waals surface area (Å²) >= 11 is 1.93. The van der Waals surface area contributed by atoms with Crippen LogP contribution >= 0.6 is 11.8 Å². The first-order valence-corrected chi connectivity index (χ1v) is 8.33. The molecule has 1 saturated carbocycles. The van der Waals surface area contributed by atoms with E-state index in [4.69, 9.17) is 0 Å². The average molecular weight is 279 g/mol. The van der Waals surface area contributed by atoms with E-state index in [9.17, 15) is 5.11 Å². The van der Waals surface area contributed by atoms with Gasteiger partial charge in [-0.3, -0.25) is 0 Å². The zero-order chi connectivity index (χ0) is 13.7. The standard InChI is InChI=1S/C16H25NOS/c1-13(2)10-19-12-16(11-18,17-15-8-9-15)14-6-4-3-5-7-14/h3-7,13,15,17-18H,8-12H2,1-2H3. The zero-order valence-corrected chi connectivity index (χ0v) is 12.7. The van der Waals surface area contributed by atoms with Crippen LogP contribution in [0.15, 0.2) is 30.3 Å². The van der Waals surface area contributed by atoms with E-state index in [2.05, 4.69) is 43.4 Å². The highest BCUT2D eigenvalue weighted by Gasteiger charge is 2.37. The van der Waals surface area contributed by atoms with Gasteiger partial charge >= 0.3 is 0 Å². The smallest absolute Gasteiger partial charge is 0.0762 e. The fourth-order valence-electron chi connectivity index (χ4n) is 2.24. The summed E-state index contributed by atoms with van der Waals surface area (Å²) in [6, 6.07) is 11.0. The summed E-state index contributed by atoms with van der Waals surface area (Å²) in [4.78, 5) is 0. The largest absolute Gasteiger partial charge is 0.394 e. The van der Waals surface area contributed by atoms with Crippen molar-refractivity contribution in [3.63, 3.8) is 0 Å². The lowest BCUT2D eigenvalue weighted by molar-refractivity contribution is 0.177. The SMILES string of the molecule is CC(C)CSCC(CO)(NC1CC1)c1ccccc1. The Hall–Kier alpha value is -0.510. The molecule has 2 nitrogen and oxygen atoms in total. The third-order valence-electron chi connectivity index (χ3n) is 3.45. The lowest BCUT2D eigenvalue weighted by Gasteiger charge is -2.34. The highest BCUT2D eigenvalue weighted by molar-refractivity contribution is 7.99. The summed E-state index contributed by atoms with van der Waals surface area (Å²) in [5.74, 6) is 2.77. The molecule has 2 N–H and O–H groups in total. The van der Waals surface area contributed by atoms with Crippen molar-refractivity contribution in [2.45, 2.75) is 38.3 Å². The van der Waals surface area contributed by atoms with Crippen LogP contribution in [0.5, 0.6) is 0 Å². The predicted molar refractivity (Wildman–Crippen MR) is 83.5 cm³/mol. The molecule has 0 bridgehead atoms. The van der Waals surface area contributed by atoms with Gasteiger partial charge in [-0.15, -0.1) is 0 Å². The molecule has 1 fully saturated rings. The van der Waals surface area contributed by atoms with E-state index in [0.717, 1.165) is 11.5 Å². The summed E-state index contributed by atoms with van der Waals surface area (Å²) < 4.78 is 0. The molecule has 19 heavy (non-hydrogen) atoms. The maximum atomic E-state index is 10.00. The second-order valence-electron chi connectivity index (χ2n) is 5.93. The number of hydrogen-bond acceptors (Lipinski definition) is 3. The molecular formula is C16H25NOS. The van der Waals surface area contributed by atoms with Gasteiger partial charge in [0.15, 0.2) is 0 Å². The molecule has 0 aliphatic heterocycles. The minimum absolute atomic E-state index is 0.165. The van der Waals surface area contributed by atoms with Crippen LogP contribution < -0.4 is 5.32 Å². The Balaban J connectivity index is 2.10. The molecule has 106 valence electrons. The Morgan fingerprint density at radius 1 is 1.32 bits per heavy atom. The third kappa shape index (κ3) is 4.23. The van der Waals surface area contributed by atoms with Gasteiger partial charge in [-0.1, -0.05) is 44.2 Å². The van der Waals surface area contributed by atoms with Crippen LogP contribution in [-0.2, 0) is 5.54 Å². The molecule has 0 heterocycles. The van der Waals surface area contributed by atoms with E-state index >= 15 is 0 Å². The number of nitrogens with one attached hydrogen (secondary N) is 1. The van der Waals surface area contributed by atoms with Crippen molar-refractivity contribution in [1.29, 1.82) is 0 Å². The van der Waals surface area contributed by atoms with Crippen LogP contribution in [0.1, 0.15) is 32.3 Å². The fourth-order valence-corrected chi connectivity index (χ4v) is 3.51. The average Bonchev–Trinajstić information content (AvgIpc) is 3.22. The fraction of sp³-hybridized carbons (Fsp3) is 0.625. The normalized spacial score (nSPS) is 18.5. The minimum Gasteiger partial charge on any atom is -0.394 e. The molecule has 0 spiro atoms. The van der Waals surface area contributed by atoms with Gasteiger partial charge < -0.3 is 10.4 Å². The second kappa shape index (κ2) is 6.78. The van der Waals surface area contributed by atoms with E-state index in [-0.39, 0.29) is 12.1 Å². The van der Waals surface area contributed by atoms with Crippen molar-refractivity contribution in [3.05, 3.63) is 35.9 Å².